The van der Waals surface area contributed by atoms with Crippen molar-refractivity contribution in [2.45, 2.75) is 39.7 Å². The lowest BCUT2D eigenvalue weighted by molar-refractivity contribution is 0.328. The van der Waals surface area contributed by atoms with Crippen LogP contribution >= 0.6 is 11.6 Å². The molecule has 2 aromatic heterocycles. The number of nitrogens with zero attached hydrogens (tertiary/aromatic N) is 2. The van der Waals surface area contributed by atoms with Crippen molar-refractivity contribution in [3.63, 3.8) is 0 Å². The molecule has 2 rings (SSSR count). The van der Waals surface area contributed by atoms with Crippen LogP contribution in [-0.4, -0.2) is 21.6 Å². The maximum Gasteiger partial charge on any atom is 0.237 e. The quantitative estimate of drug-likeness (QED) is 0.778. The van der Waals surface area contributed by atoms with E-state index in [2.05, 4.69) is 27.2 Å². The van der Waals surface area contributed by atoms with E-state index in [0.717, 1.165) is 36.5 Å². The summed E-state index contributed by atoms with van der Waals surface area (Å²) in [6.07, 6.45) is 4.88. The molecule has 0 aliphatic heterocycles. The third-order valence-corrected chi connectivity index (χ3v) is 3.36. The SMILES string of the molecule is CCCCc1nc(Cl)c(CNc2cccnc2OCC)[nH]1. The number of rotatable bonds is 8. The van der Waals surface area contributed by atoms with Gasteiger partial charge in [0.05, 0.1) is 24.5 Å². The van der Waals surface area contributed by atoms with Crippen molar-refractivity contribution >= 4 is 17.3 Å². The number of ether oxygens (including phenoxy) is 1. The number of hydrogen-bond acceptors (Lipinski definition) is 4. The van der Waals surface area contributed by atoms with Gasteiger partial charge in [0.1, 0.15) is 5.82 Å². The zero-order valence-corrected chi connectivity index (χ0v) is 13.2. The first kappa shape index (κ1) is 15.6. The third kappa shape index (κ3) is 4.36. The van der Waals surface area contributed by atoms with Gasteiger partial charge in [-0.15, -0.1) is 0 Å². The van der Waals surface area contributed by atoms with Crippen LogP contribution in [0.4, 0.5) is 5.69 Å². The van der Waals surface area contributed by atoms with Crippen LogP contribution in [0.5, 0.6) is 5.88 Å². The third-order valence-electron chi connectivity index (χ3n) is 3.05. The van der Waals surface area contributed by atoms with Crippen molar-refractivity contribution in [2.24, 2.45) is 0 Å². The van der Waals surface area contributed by atoms with Gasteiger partial charge in [0.15, 0.2) is 5.15 Å². The molecule has 6 heteroatoms. The van der Waals surface area contributed by atoms with E-state index in [1.165, 1.54) is 0 Å². The number of aromatic nitrogens is 3. The largest absolute Gasteiger partial charge is 0.476 e. The van der Waals surface area contributed by atoms with Crippen LogP contribution in [0, 0.1) is 0 Å². The predicted octanol–water partition coefficient (Wildman–Crippen LogP) is 3.81. The molecule has 0 spiro atoms. The van der Waals surface area contributed by atoms with Gasteiger partial charge in [-0.3, -0.25) is 0 Å². The minimum absolute atomic E-state index is 0.524. The molecule has 0 fully saturated rings. The molecular formula is C15H21ClN4O. The van der Waals surface area contributed by atoms with Crippen LogP contribution in [0.1, 0.15) is 38.2 Å². The first-order chi connectivity index (χ1) is 10.2. The van der Waals surface area contributed by atoms with Gasteiger partial charge in [-0.1, -0.05) is 24.9 Å². The van der Waals surface area contributed by atoms with Crippen molar-refractivity contribution in [1.29, 1.82) is 0 Å². The summed E-state index contributed by atoms with van der Waals surface area (Å²) in [6, 6.07) is 3.80. The summed E-state index contributed by atoms with van der Waals surface area (Å²) in [4.78, 5) is 11.8. The minimum Gasteiger partial charge on any atom is -0.476 e. The van der Waals surface area contributed by atoms with Crippen molar-refractivity contribution < 1.29 is 4.74 Å². The Morgan fingerprint density at radius 3 is 3.00 bits per heavy atom. The smallest absolute Gasteiger partial charge is 0.237 e. The summed E-state index contributed by atoms with van der Waals surface area (Å²) >= 11 is 6.16. The summed E-state index contributed by atoms with van der Waals surface area (Å²) in [6.45, 7) is 5.23. The molecule has 0 aliphatic rings. The minimum atomic E-state index is 0.524. The number of H-pyrrole nitrogens is 1. The van der Waals surface area contributed by atoms with E-state index in [-0.39, 0.29) is 0 Å². The highest BCUT2D eigenvalue weighted by atomic mass is 35.5. The Morgan fingerprint density at radius 2 is 2.24 bits per heavy atom. The molecule has 0 radical (unpaired) electrons. The van der Waals surface area contributed by atoms with Gasteiger partial charge in [-0.05, 0) is 25.5 Å². The van der Waals surface area contributed by atoms with Gasteiger partial charge in [0.25, 0.3) is 0 Å². The Labute approximate surface area is 130 Å². The summed E-state index contributed by atoms with van der Waals surface area (Å²) in [5.41, 5.74) is 1.73. The van der Waals surface area contributed by atoms with Crippen molar-refractivity contribution in [3.8, 4) is 5.88 Å². The Balaban J connectivity index is 2.01. The molecule has 0 amide bonds. The molecule has 0 aromatic carbocycles. The first-order valence-corrected chi connectivity index (χ1v) is 7.67. The Kier molecular flexibility index (Phi) is 5.87. The second kappa shape index (κ2) is 7.88. The zero-order valence-electron chi connectivity index (χ0n) is 12.4. The van der Waals surface area contributed by atoms with Crippen molar-refractivity contribution in [2.75, 3.05) is 11.9 Å². The second-order valence-corrected chi connectivity index (χ2v) is 5.06. The van der Waals surface area contributed by atoms with E-state index in [0.29, 0.717) is 24.2 Å². The van der Waals surface area contributed by atoms with Crippen molar-refractivity contribution in [1.82, 2.24) is 15.0 Å². The van der Waals surface area contributed by atoms with E-state index in [1.54, 1.807) is 6.20 Å². The molecular weight excluding hydrogens is 288 g/mol. The summed E-state index contributed by atoms with van der Waals surface area (Å²) in [7, 11) is 0. The number of hydrogen-bond donors (Lipinski definition) is 2. The highest BCUT2D eigenvalue weighted by Crippen LogP contribution is 2.22. The molecule has 2 N–H and O–H groups in total. The molecule has 0 saturated heterocycles. The molecule has 0 atom stereocenters. The molecule has 2 heterocycles. The number of aromatic amines is 1. The summed E-state index contributed by atoms with van der Waals surface area (Å²) in [5.74, 6) is 1.54. The monoisotopic (exact) mass is 308 g/mol. The topological polar surface area (TPSA) is 62.8 Å². The second-order valence-electron chi connectivity index (χ2n) is 4.70. The molecule has 0 aliphatic carbocycles. The Morgan fingerprint density at radius 1 is 1.38 bits per heavy atom. The van der Waals surface area contributed by atoms with Crippen LogP contribution in [0.2, 0.25) is 5.15 Å². The first-order valence-electron chi connectivity index (χ1n) is 7.29. The highest BCUT2D eigenvalue weighted by molar-refractivity contribution is 6.30. The standard InChI is InChI=1S/C15H21ClN4O/c1-3-5-8-13-19-12(14(16)20-13)10-18-11-7-6-9-17-15(11)21-4-2/h6-7,9,18H,3-5,8,10H2,1-2H3,(H,19,20). The number of nitrogens with one attached hydrogen (secondary N) is 2. The van der Waals surface area contributed by atoms with E-state index >= 15 is 0 Å². The van der Waals surface area contributed by atoms with Crippen LogP contribution < -0.4 is 10.1 Å². The zero-order chi connectivity index (χ0) is 15.1. The van der Waals surface area contributed by atoms with Crippen LogP contribution in [0.3, 0.4) is 0 Å². The molecule has 0 bridgehead atoms. The molecule has 2 aromatic rings. The van der Waals surface area contributed by atoms with Gasteiger partial charge in [-0.25, -0.2) is 9.97 Å². The average molecular weight is 309 g/mol. The normalized spacial score (nSPS) is 10.6. The van der Waals surface area contributed by atoms with Gasteiger partial charge >= 0.3 is 0 Å². The lowest BCUT2D eigenvalue weighted by Crippen LogP contribution is -2.04. The van der Waals surface area contributed by atoms with Crippen LogP contribution in [0.15, 0.2) is 18.3 Å². The number of pyridine rings is 1. The highest BCUT2D eigenvalue weighted by Gasteiger charge is 2.09. The van der Waals surface area contributed by atoms with Crippen LogP contribution in [0.25, 0.3) is 0 Å². The van der Waals surface area contributed by atoms with E-state index in [1.807, 2.05) is 19.1 Å². The van der Waals surface area contributed by atoms with Gasteiger partial charge < -0.3 is 15.0 Å². The molecule has 21 heavy (non-hydrogen) atoms. The fraction of sp³-hybridized carbons (Fsp3) is 0.467. The fourth-order valence-electron chi connectivity index (χ4n) is 1.98. The average Bonchev–Trinajstić information content (AvgIpc) is 2.85. The number of anilines is 1. The maximum absolute atomic E-state index is 6.16. The lowest BCUT2D eigenvalue weighted by Gasteiger charge is -2.10. The van der Waals surface area contributed by atoms with Gasteiger partial charge in [0, 0.05) is 12.6 Å². The number of unbranched alkanes of at least 4 members (excludes halogenated alkanes) is 1. The summed E-state index contributed by atoms with van der Waals surface area (Å²) in [5, 5.41) is 3.80. The number of aryl methyl sites for hydroxylation is 1. The maximum atomic E-state index is 6.16. The molecule has 114 valence electrons. The summed E-state index contributed by atoms with van der Waals surface area (Å²) < 4.78 is 5.48. The predicted molar refractivity (Wildman–Crippen MR) is 84.9 cm³/mol. The number of halogens is 1. The number of imidazole rings is 1. The van der Waals surface area contributed by atoms with Gasteiger partial charge in [0.2, 0.25) is 5.88 Å². The lowest BCUT2D eigenvalue weighted by atomic mass is 10.2. The Bertz CT molecular complexity index is 571. The Hall–Kier alpha value is -1.75. The van der Waals surface area contributed by atoms with Gasteiger partial charge in [-0.2, -0.15) is 0 Å². The molecule has 0 saturated carbocycles. The van der Waals surface area contributed by atoms with E-state index in [4.69, 9.17) is 16.3 Å². The molecule has 5 nitrogen and oxygen atoms in total. The van der Waals surface area contributed by atoms with Crippen LogP contribution in [-0.2, 0) is 13.0 Å². The van der Waals surface area contributed by atoms with E-state index in [9.17, 15) is 0 Å². The molecule has 0 unspecified atom stereocenters. The van der Waals surface area contributed by atoms with Crippen molar-refractivity contribution in [3.05, 3.63) is 35.0 Å². The fourth-order valence-corrected chi connectivity index (χ4v) is 2.20. The van der Waals surface area contributed by atoms with E-state index < -0.39 is 0 Å².